The zero-order chi connectivity index (χ0) is 14.2. The first-order valence-corrected chi connectivity index (χ1v) is 9.53. The van der Waals surface area contributed by atoms with Crippen LogP contribution in [0, 0.1) is 6.92 Å². The molecule has 0 radical (unpaired) electrons. The van der Waals surface area contributed by atoms with Gasteiger partial charge in [-0.15, -0.1) is 22.7 Å². The Morgan fingerprint density at radius 3 is 2.85 bits per heavy atom. The molecule has 0 spiro atoms. The zero-order valence-electron chi connectivity index (χ0n) is 10.9. The van der Waals surface area contributed by atoms with Crippen molar-refractivity contribution in [1.29, 1.82) is 0 Å². The Morgan fingerprint density at radius 2 is 2.20 bits per heavy atom. The van der Waals surface area contributed by atoms with E-state index in [4.69, 9.17) is 0 Å². The van der Waals surface area contributed by atoms with Gasteiger partial charge in [0.25, 0.3) is 10.0 Å². The SMILES string of the molecule is Cc1csc(NS(=O)(=O)c2ccsc2CNC2CC2)n1. The summed E-state index contributed by atoms with van der Waals surface area (Å²) in [5.41, 5.74) is 0.814. The second-order valence-electron chi connectivity index (χ2n) is 4.76. The average Bonchev–Trinajstić information content (AvgIpc) is 2.93. The van der Waals surface area contributed by atoms with Crippen LogP contribution in [-0.2, 0) is 16.6 Å². The molecule has 0 aliphatic heterocycles. The third kappa shape index (κ3) is 3.20. The van der Waals surface area contributed by atoms with Gasteiger partial charge in [-0.2, -0.15) is 0 Å². The highest BCUT2D eigenvalue weighted by molar-refractivity contribution is 7.93. The summed E-state index contributed by atoms with van der Waals surface area (Å²) in [6.07, 6.45) is 2.37. The largest absolute Gasteiger partial charge is 0.309 e. The number of sulfonamides is 1. The van der Waals surface area contributed by atoms with Gasteiger partial charge in [0, 0.05) is 22.8 Å². The van der Waals surface area contributed by atoms with E-state index in [0.29, 0.717) is 22.6 Å². The Kier molecular flexibility index (Phi) is 3.80. The molecule has 1 aliphatic rings. The molecule has 1 fully saturated rings. The molecule has 0 unspecified atom stereocenters. The molecule has 1 saturated carbocycles. The monoisotopic (exact) mass is 329 g/mol. The minimum absolute atomic E-state index is 0.350. The summed E-state index contributed by atoms with van der Waals surface area (Å²) < 4.78 is 27.3. The van der Waals surface area contributed by atoms with Crippen LogP contribution >= 0.6 is 22.7 Å². The average molecular weight is 329 g/mol. The van der Waals surface area contributed by atoms with Gasteiger partial charge in [0.05, 0.1) is 5.69 Å². The summed E-state index contributed by atoms with van der Waals surface area (Å²) in [6, 6.07) is 2.21. The van der Waals surface area contributed by atoms with Crippen LogP contribution in [0.15, 0.2) is 21.7 Å². The number of nitrogens with zero attached hydrogens (tertiary/aromatic N) is 1. The minimum atomic E-state index is -3.55. The van der Waals surface area contributed by atoms with Gasteiger partial charge in [0.15, 0.2) is 5.13 Å². The van der Waals surface area contributed by atoms with Gasteiger partial charge in [0.1, 0.15) is 4.90 Å². The summed E-state index contributed by atoms with van der Waals surface area (Å²) in [6.45, 7) is 2.44. The number of hydrogen-bond acceptors (Lipinski definition) is 6. The summed E-state index contributed by atoms with van der Waals surface area (Å²) in [5, 5.41) is 7.39. The molecule has 1 aliphatic carbocycles. The van der Waals surface area contributed by atoms with Crippen LogP contribution in [0.4, 0.5) is 5.13 Å². The van der Waals surface area contributed by atoms with Crippen molar-refractivity contribution in [3.8, 4) is 0 Å². The van der Waals surface area contributed by atoms with Gasteiger partial charge >= 0.3 is 0 Å². The fourth-order valence-electron chi connectivity index (χ4n) is 1.79. The minimum Gasteiger partial charge on any atom is -0.309 e. The number of aryl methyl sites for hydroxylation is 1. The lowest BCUT2D eigenvalue weighted by molar-refractivity contribution is 0.599. The summed E-state index contributed by atoms with van der Waals surface area (Å²) in [4.78, 5) is 5.33. The molecule has 8 heteroatoms. The Hall–Kier alpha value is -0.960. The van der Waals surface area contributed by atoms with Crippen molar-refractivity contribution in [2.75, 3.05) is 4.72 Å². The van der Waals surface area contributed by atoms with Crippen LogP contribution < -0.4 is 10.0 Å². The van der Waals surface area contributed by atoms with E-state index < -0.39 is 10.0 Å². The van der Waals surface area contributed by atoms with Crippen LogP contribution in [0.2, 0.25) is 0 Å². The second kappa shape index (κ2) is 5.44. The highest BCUT2D eigenvalue weighted by atomic mass is 32.2. The van der Waals surface area contributed by atoms with Crippen LogP contribution in [0.25, 0.3) is 0 Å². The molecular formula is C12H15N3O2S3. The number of thiazole rings is 1. The Morgan fingerprint density at radius 1 is 1.40 bits per heavy atom. The van der Waals surface area contributed by atoms with Crippen LogP contribution in [0.1, 0.15) is 23.4 Å². The first-order valence-electron chi connectivity index (χ1n) is 6.29. The lowest BCUT2D eigenvalue weighted by Crippen LogP contribution is -2.18. The normalized spacial score (nSPS) is 15.4. The Bertz CT molecular complexity index is 701. The van der Waals surface area contributed by atoms with Gasteiger partial charge in [-0.25, -0.2) is 13.4 Å². The molecule has 20 heavy (non-hydrogen) atoms. The predicted molar refractivity (Wildman–Crippen MR) is 81.8 cm³/mol. The number of rotatable bonds is 6. The molecule has 0 saturated heterocycles. The van der Waals surface area contributed by atoms with E-state index in [1.54, 1.807) is 6.07 Å². The number of anilines is 1. The number of aromatic nitrogens is 1. The van der Waals surface area contributed by atoms with Gasteiger partial charge in [-0.05, 0) is 31.2 Å². The van der Waals surface area contributed by atoms with E-state index in [1.807, 2.05) is 17.7 Å². The number of thiophene rings is 1. The van der Waals surface area contributed by atoms with Crippen molar-refractivity contribution in [3.05, 3.63) is 27.4 Å². The molecule has 5 nitrogen and oxygen atoms in total. The first-order chi connectivity index (χ1) is 9.54. The molecule has 2 aromatic rings. The molecular weight excluding hydrogens is 314 g/mol. The van der Waals surface area contributed by atoms with Crippen molar-refractivity contribution in [2.24, 2.45) is 0 Å². The van der Waals surface area contributed by atoms with E-state index in [2.05, 4.69) is 15.0 Å². The molecule has 108 valence electrons. The molecule has 2 aromatic heterocycles. The van der Waals surface area contributed by atoms with Crippen molar-refractivity contribution >= 4 is 37.8 Å². The highest BCUT2D eigenvalue weighted by Gasteiger charge is 2.24. The topological polar surface area (TPSA) is 71.1 Å². The third-order valence-electron chi connectivity index (χ3n) is 2.96. The molecule has 0 amide bonds. The lowest BCUT2D eigenvalue weighted by Gasteiger charge is -2.07. The standard InChI is InChI=1S/C12H15N3O2S3/c1-8-7-19-12(14-8)15-20(16,17)11-4-5-18-10(11)6-13-9-2-3-9/h4-5,7,9,13H,2-3,6H2,1H3,(H,14,15). The molecule has 0 bridgehead atoms. The van der Waals surface area contributed by atoms with Crippen LogP contribution in [-0.4, -0.2) is 19.4 Å². The summed E-state index contributed by atoms with van der Waals surface area (Å²) >= 11 is 2.76. The van der Waals surface area contributed by atoms with Gasteiger partial charge in [0.2, 0.25) is 0 Å². The van der Waals surface area contributed by atoms with Crippen molar-refractivity contribution in [1.82, 2.24) is 10.3 Å². The fraction of sp³-hybridized carbons (Fsp3) is 0.417. The summed E-state index contributed by atoms with van der Waals surface area (Å²) in [5.74, 6) is 0. The highest BCUT2D eigenvalue weighted by Crippen LogP contribution is 2.27. The quantitative estimate of drug-likeness (QED) is 0.854. The Balaban J connectivity index is 1.77. The maximum absolute atomic E-state index is 12.4. The molecule has 2 heterocycles. The molecule has 0 aromatic carbocycles. The van der Waals surface area contributed by atoms with Crippen LogP contribution in [0.3, 0.4) is 0 Å². The van der Waals surface area contributed by atoms with Gasteiger partial charge in [-0.3, -0.25) is 4.72 Å². The third-order valence-corrected chi connectivity index (χ3v) is 6.44. The van der Waals surface area contributed by atoms with E-state index in [0.717, 1.165) is 10.6 Å². The van der Waals surface area contributed by atoms with E-state index >= 15 is 0 Å². The number of hydrogen-bond donors (Lipinski definition) is 2. The van der Waals surface area contributed by atoms with Gasteiger partial charge < -0.3 is 5.32 Å². The molecule has 2 N–H and O–H groups in total. The molecule has 3 rings (SSSR count). The number of nitrogens with one attached hydrogen (secondary N) is 2. The van der Waals surface area contributed by atoms with E-state index in [1.165, 1.54) is 35.5 Å². The smallest absolute Gasteiger partial charge is 0.264 e. The predicted octanol–water partition coefficient (Wildman–Crippen LogP) is 2.57. The zero-order valence-corrected chi connectivity index (χ0v) is 13.4. The van der Waals surface area contributed by atoms with Crippen molar-refractivity contribution < 1.29 is 8.42 Å². The maximum Gasteiger partial charge on any atom is 0.264 e. The second-order valence-corrected chi connectivity index (χ2v) is 8.27. The van der Waals surface area contributed by atoms with E-state index in [9.17, 15) is 8.42 Å². The summed E-state index contributed by atoms with van der Waals surface area (Å²) in [7, 11) is -3.55. The lowest BCUT2D eigenvalue weighted by atomic mass is 10.4. The maximum atomic E-state index is 12.4. The van der Waals surface area contributed by atoms with Crippen LogP contribution in [0.5, 0.6) is 0 Å². The van der Waals surface area contributed by atoms with Gasteiger partial charge in [-0.1, -0.05) is 0 Å². The fourth-order valence-corrected chi connectivity index (χ4v) is 5.13. The molecule has 0 atom stereocenters. The Labute approximate surface area is 126 Å². The van der Waals surface area contributed by atoms with Crippen molar-refractivity contribution in [2.45, 2.75) is 37.2 Å². The van der Waals surface area contributed by atoms with E-state index in [-0.39, 0.29) is 0 Å². The first kappa shape index (κ1) is 14.0. The van der Waals surface area contributed by atoms with Crippen molar-refractivity contribution in [3.63, 3.8) is 0 Å².